The highest BCUT2D eigenvalue weighted by atomic mass is 16.6. The summed E-state index contributed by atoms with van der Waals surface area (Å²) < 4.78 is 0. The van der Waals surface area contributed by atoms with Crippen LogP contribution in [-0.4, -0.2) is 26.7 Å². The Kier molecular flexibility index (Phi) is 4.84. The molecular formula is C12H10N2O7. The number of aliphatic carboxylic acids is 1. The zero-order valence-electron chi connectivity index (χ0n) is 10.8. The fourth-order valence-corrected chi connectivity index (χ4v) is 1.78. The molecule has 1 aromatic carbocycles. The van der Waals surface area contributed by atoms with Crippen LogP contribution >= 0.6 is 0 Å². The van der Waals surface area contributed by atoms with E-state index in [1.54, 1.807) is 6.07 Å². The van der Waals surface area contributed by atoms with Crippen molar-refractivity contribution in [1.82, 2.24) is 0 Å². The molecule has 0 aromatic heterocycles. The number of Topliss-reactive ketones (excluding diaryl/α,β-unsaturated/α-hetero) is 1. The van der Waals surface area contributed by atoms with Crippen LogP contribution in [0.1, 0.15) is 18.5 Å². The summed E-state index contributed by atoms with van der Waals surface area (Å²) in [4.78, 5) is 42.4. The van der Waals surface area contributed by atoms with Gasteiger partial charge in [-0.15, -0.1) is 0 Å². The second-order valence-electron chi connectivity index (χ2n) is 3.98. The van der Waals surface area contributed by atoms with E-state index in [0.717, 1.165) is 6.92 Å². The van der Waals surface area contributed by atoms with Crippen LogP contribution in [0.3, 0.4) is 0 Å². The van der Waals surface area contributed by atoms with Crippen molar-refractivity contribution in [2.45, 2.75) is 13.0 Å². The molecule has 110 valence electrons. The molecule has 0 saturated heterocycles. The first kappa shape index (κ1) is 16.0. The standard InChI is InChI=1S/C12H10N2O7/c1-7(15)9(12(16)17)11(14(20)21)10(13(18)19)8-5-3-2-4-6-8/h2-6,10H,1H3,(H,16,17). The lowest BCUT2D eigenvalue weighted by molar-refractivity contribution is -0.561. The van der Waals surface area contributed by atoms with Crippen LogP contribution in [0.15, 0.2) is 41.6 Å². The molecule has 9 heteroatoms. The molecule has 0 spiro atoms. The van der Waals surface area contributed by atoms with E-state index in [2.05, 4.69) is 0 Å². The fourth-order valence-electron chi connectivity index (χ4n) is 1.78. The third kappa shape index (κ3) is 3.47. The lowest BCUT2D eigenvalue weighted by Crippen LogP contribution is -2.25. The second-order valence-corrected chi connectivity index (χ2v) is 3.98. The van der Waals surface area contributed by atoms with E-state index >= 15 is 0 Å². The number of carboxylic acid groups (broad SMARTS) is 1. The zero-order chi connectivity index (χ0) is 16.2. The molecule has 0 fully saturated rings. The summed E-state index contributed by atoms with van der Waals surface area (Å²) in [7, 11) is 0. The molecule has 0 aliphatic carbocycles. The van der Waals surface area contributed by atoms with Gasteiger partial charge in [0.25, 0.3) is 0 Å². The fraction of sp³-hybridized carbons (Fsp3) is 0.167. The summed E-state index contributed by atoms with van der Waals surface area (Å²) in [5, 5.41) is 31.2. The van der Waals surface area contributed by atoms with Crippen molar-refractivity contribution in [2.75, 3.05) is 0 Å². The highest BCUT2D eigenvalue weighted by molar-refractivity contribution is 6.16. The largest absolute Gasteiger partial charge is 0.477 e. The summed E-state index contributed by atoms with van der Waals surface area (Å²) >= 11 is 0. The Morgan fingerprint density at radius 1 is 1.14 bits per heavy atom. The average Bonchev–Trinajstić information content (AvgIpc) is 2.37. The minimum absolute atomic E-state index is 0.0887. The summed E-state index contributed by atoms with van der Waals surface area (Å²) in [6.07, 6.45) is 0. The summed E-state index contributed by atoms with van der Waals surface area (Å²) in [6.45, 7) is 0.801. The Morgan fingerprint density at radius 2 is 1.67 bits per heavy atom. The van der Waals surface area contributed by atoms with Crippen LogP contribution in [0.4, 0.5) is 0 Å². The van der Waals surface area contributed by atoms with E-state index in [9.17, 15) is 29.8 Å². The Hall–Kier alpha value is -3.10. The molecule has 0 radical (unpaired) electrons. The molecule has 1 atom stereocenters. The van der Waals surface area contributed by atoms with Crippen LogP contribution in [0.2, 0.25) is 0 Å². The Bertz CT molecular complexity index is 620. The number of hydrogen-bond donors (Lipinski definition) is 1. The van der Waals surface area contributed by atoms with Crippen molar-refractivity contribution < 1.29 is 24.5 Å². The number of ketones is 1. The Labute approximate surface area is 117 Å². The minimum Gasteiger partial charge on any atom is -0.477 e. The lowest BCUT2D eigenvalue weighted by Gasteiger charge is -2.09. The Morgan fingerprint density at radius 3 is 2.00 bits per heavy atom. The third-order valence-corrected chi connectivity index (χ3v) is 2.60. The first-order valence-electron chi connectivity index (χ1n) is 5.58. The molecule has 9 nitrogen and oxygen atoms in total. The molecule has 0 heterocycles. The molecule has 21 heavy (non-hydrogen) atoms. The van der Waals surface area contributed by atoms with Crippen LogP contribution in [0.5, 0.6) is 0 Å². The maximum absolute atomic E-state index is 11.3. The predicted molar refractivity (Wildman–Crippen MR) is 68.5 cm³/mol. The lowest BCUT2D eigenvalue weighted by atomic mass is 9.99. The molecule has 1 unspecified atom stereocenters. The molecule has 0 bridgehead atoms. The molecule has 0 aliphatic rings. The van der Waals surface area contributed by atoms with Gasteiger partial charge in [-0.05, 0) is 6.92 Å². The number of carboxylic acids is 1. The molecule has 0 aliphatic heterocycles. The van der Waals surface area contributed by atoms with Gasteiger partial charge >= 0.3 is 17.7 Å². The van der Waals surface area contributed by atoms with Crippen molar-refractivity contribution in [1.29, 1.82) is 0 Å². The summed E-state index contributed by atoms with van der Waals surface area (Å²) in [6, 6.07) is 4.82. The number of nitrogens with zero attached hydrogens (tertiary/aromatic N) is 2. The van der Waals surface area contributed by atoms with E-state index < -0.39 is 38.9 Å². The predicted octanol–water partition coefficient (Wildman–Crippen LogP) is 1.21. The number of carbonyl (C=O) groups is 2. The van der Waals surface area contributed by atoms with Crippen molar-refractivity contribution in [3.63, 3.8) is 0 Å². The molecule has 1 aromatic rings. The van der Waals surface area contributed by atoms with E-state index in [0.29, 0.717) is 0 Å². The average molecular weight is 294 g/mol. The van der Waals surface area contributed by atoms with E-state index in [1.165, 1.54) is 24.3 Å². The minimum atomic E-state index is -2.05. The molecular weight excluding hydrogens is 284 g/mol. The normalized spacial score (nSPS) is 13.0. The van der Waals surface area contributed by atoms with Crippen LogP contribution in [-0.2, 0) is 9.59 Å². The van der Waals surface area contributed by atoms with Gasteiger partial charge in [0.05, 0.1) is 4.92 Å². The van der Waals surface area contributed by atoms with Gasteiger partial charge < -0.3 is 5.11 Å². The molecule has 1 N–H and O–H groups in total. The second kappa shape index (κ2) is 6.37. The number of hydrogen-bond acceptors (Lipinski definition) is 6. The van der Waals surface area contributed by atoms with Crippen molar-refractivity contribution in [3.8, 4) is 0 Å². The number of carbonyl (C=O) groups excluding carboxylic acids is 1. The maximum atomic E-state index is 11.3. The molecule has 1 rings (SSSR count). The van der Waals surface area contributed by atoms with Gasteiger partial charge in [-0.1, -0.05) is 30.3 Å². The topological polar surface area (TPSA) is 141 Å². The summed E-state index contributed by atoms with van der Waals surface area (Å²) in [5.41, 5.74) is -2.55. The number of benzene rings is 1. The quantitative estimate of drug-likeness (QED) is 0.273. The van der Waals surface area contributed by atoms with Crippen molar-refractivity contribution >= 4 is 11.8 Å². The van der Waals surface area contributed by atoms with Gasteiger partial charge in [0.15, 0.2) is 11.4 Å². The highest BCUT2D eigenvalue weighted by Gasteiger charge is 2.43. The number of nitro groups is 2. The van der Waals surface area contributed by atoms with E-state index in [1.807, 2.05) is 0 Å². The SMILES string of the molecule is CC(=O)C(C(=O)O)=C(C(c1ccccc1)[N+](=O)[O-])[N+](=O)[O-]. The Balaban J connectivity index is 3.67. The molecule has 0 amide bonds. The van der Waals surface area contributed by atoms with Crippen molar-refractivity contribution in [2.24, 2.45) is 0 Å². The highest BCUT2D eigenvalue weighted by Crippen LogP contribution is 2.28. The summed E-state index contributed by atoms with van der Waals surface area (Å²) in [5.74, 6) is -3.01. The van der Waals surface area contributed by atoms with Gasteiger partial charge in [-0.3, -0.25) is 25.0 Å². The van der Waals surface area contributed by atoms with E-state index in [4.69, 9.17) is 5.11 Å². The zero-order valence-corrected chi connectivity index (χ0v) is 10.8. The maximum Gasteiger partial charge on any atom is 0.346 e. The third-order valence-electron chi connectivity index (χ3n) is 2.60. The number of rotatable bonds is 6. The van der Waals surface area contributed by atoms with Gasteiger partial charge in [0.1, 0.15) is 0 Å². The van der Waals surface area contributed by atoms with Gasteiger partial charge in [0.2, 0.25) is 0 Å². The monoisotopic (exact) mass is 294 g/mol. The first-order valence-corrected chi connectivity index (χ1v) is 5.58. The van der Waals surface area contributed by atoms with Crippen LogP contribution in [0, 0.1) is 20.2 Å². The van der Waals surface area contributed by atoms with E-state index in [-0.39, 0.29) is 5.56 Å². The van der Waals surface area contributed by atoms with Gasteiger partial charge in [-0.25, -0.2) is 4.79 Å². The smallest absolute Gasteiger partial charge is 0.346 e. The molecule has 0 saturated carbocycles. The van der Waals surface area contributed by atoms with Gasteiger partial charge in [0, 0.05) is 10.5 Å². The van der Waals surface area contributed by atoms with Crippen LogP contribution in [0.25, 0.3) is 0 Å². The first-order chi connectivity index (χ1) is 9.77. The van der Waals surface area contributed by atoms with Gasteiger partial charge in [-0.2, -0.15) is 0 Å². The van der Waals surface area contributed by atoms with Crippen LogP contribution < -0.4 is 0 Å². The van der Waals surface area contributed by atoms with Crippen molar-refractivity contribution in [3.05, 3.63) is 67.4 Å².